The van der Waals surface area contributed by atoms with Crippen LogP contribution in [0.1, 0.15) is 28.0 Å². The zero-order chi connectivity index (χ0) is 16.8. The number of pyridine rings is 1. The summed E-state index contributed by atoms with van der Waals surface area (Å²) >= 11 is 5.99. The van der Waals surface area contributed by atoms with Crippen molar-refractivity contribution in [3.63, 3.8) is 0 Å². The van der Waals surface area contributed by atoms with Gasteiger partial charge in [0.25, 0.3) is 5.91 Å². The van der Waals surface area contributed by atoms with Crippen molar-refractivity contribution < 1.29 is 9.90 Å². The first-order chi connectivity index (χ1) is 11.0. The Kier molecular flexibility index (Phi) is 5.96. The standard InChI is InChI=1S/C17H19ClN2O3/c1-12-15(6-7-16(22)19-12)17(23)20(8-3-9-21)11-13-4-2-5-14(18)10-13/h2,4-7,10,21H,3,8-9,11H2,1H3,(H,19,22). The minimum Gasteiger partial charge on any atom is -0.396 e. The van der Waals surface area contributed by atoms with E-state index in [1.165, 1.54) is 12.1 Å². The Morgan fingerprint density at radius 2 is 2.09 bits per heavy atom. The summed E-state index contributed by atoms with van der Waals surface area (Å²) in [4.78, 5) is 28.3. The number of aryl methyl sites for hydroxylation is 1. The third-order valence-electron chi connectivity index (χ3n) is 3.48. The molecule has 1 amide bonds. The van der Waals surface area contributed by atoms with Gasteiger partial charge in [-0.1, -0.05) is 23.7 Å². The summed E-state index contributed by atoms with van der Waals surface area (Å²) in [5.74, 6) is -0.188. The van der Waals surface area contributed by atoms with Crippen LogP contribution in [0.5, 0.6) is 0 Å². The third kappa shape index (κ3) is 4.68. The molecular weight excluding hydrogens is 316 g/mol. The van der Waals surface area contributed by atoms with Crippen molar-refractivity contribution in [2.45, 2.75) is 19.9 Å². The van der Waals surface area contributed by atoms with Crippen molar-refractivity contribution in [3.8, 4) is 0 Å². The minimum absolute atomic E-state index is 0.00390. The van der Waals surface area contributed by atoms with E-state index in [0.717, 1.165) is 5.56 Å². The van der Waals surface area contributed by atoms with Crippen molar-refractivity contribution >= 4 is 17.5 Å². The lowest BCUT2D eigenvalue weighted by Gasteiger charge is -2.23. The van der Waals surface area contributed by atoms with Crippen molar-refractivity contribution in [1.29, 1.82) is 0 Å². The second-order valence-electron chi connectivity index (χ2n) is 5.30. The zero-order valence-corrected chi connectivity index (χ0v) is 13.6. The molecule has 0 saturated heterocycles. The summed E-state index contributed by atoms with van der Waals surface area (Å²) in [6.07, 6.45) is 0.481. The van der Waals surface area contributed by atoms with Crippen LogP contribution >= 0.6 is 11.6 Å². The molecule has 1 aromatic heterocycles. The van der Waals surface area contributed by atoms with Gasteiger partial charge < -0.3 is 15.0 Å². The average Bonchev–Trinajstić information content (AvgIpc) is 2.51. The number of carbonyl (C=O) groups excluding carboxylic acids is 1. The molecule has 0 saturated carbocycles. The molecule has 0 spiro atoms. The molecule has 1 heterocycles. The van der Waals surface area contributed by atoms with Gasteiger partial charge in [-0.15, -0.1) is 0 Å². The van der Waals surface area contributed by atoms with Gasteiger partial charge >= 0.3 is 0 Å². The van der Waals surface area contributed by atoms with Crippen LogP contribution in [0.25, 0.3) is 0 Å². The molecule has 6 heteroatoms. The number of halogens is 1. The van der Waals surface area contributed by atoms with Gasteiger partial charge in [0.05, 0.1) is 5.56 Å². The maximum Gasteiger partial charge on any atom is 0.255 e. The van der Waals surface area contributed by atoms with Crippen LogP contribution in [0.3, 0.4) is 0 Å². The molecule has 0 bridgehead atoms. The number of H-pyrrole nitrogens is 1. The molecule has 0 aliphatic carbocycles. The number of hydrogen-bond donors (Lipinski definition) is 2. The third-order valence-corrected chi connectivity index (χ3v) is 3.72. The van der Waals surface area contributed by atoms with E-state index in [9.17, 15) is 9.59 Å². The Morgan fingerprint density at radius 3 is 2.74 bits per heavy atom. The van der Waals surface area contributed by atoms with Gasteiger partial charge in [0.1, 0.15) is 0 Å². The fourth-order valence-electron chi connectivity index (χ4n) is 2.35. The van der Waals surface area contributed by atoms with Crippen molar-refractivity contribution in [3.05, 3.63) is 68.6 Å². The van der Waals surface area contributed by atoms with Crippen molar-refractivity contribution in [2.75, 3.05) is 13.2 Å². The summed E-state index contributed by atoms with van der Waals surface area (Å²) in [5.41, 5.74) is 1.65. The Labute approximate surface area is 139 Å². The molecule has 0 radical (unpaired) electrons. The highest BCUT2D eigenvalue weighted by molar-refractivity contribution is 6.30. The van der Waals surface area contributed by atoms with Crippen LogP contribution in [0.15, 0.2) is 41.2 Å². The van der Waals surface area contributed by atoms with Crippen LogP contribution in [-0.4, -0.2) is 34.0 Å². The number of aromatic nitrogens is 1. The van der Waals surface area contributed by atoms with Gasteiger partial charge in [0.15, 0.2) is 0 Å². The largest absolute Gasteiger partial charge is 0.396 e. The van der Waals surface area contributed by atoms with E-state index in [1.54, 1.807) is 24.0 Å². The first-order valence-electron chi connectivity index (χ1n) is 7.36. The highest BCUT2D eigenvalue weighted by atomic mass is 35.5. The van der Waals surface area contributed by atoms with E-state index in [0.29, 0.717) is 35.8 Å². The Bertz CT molecular complexity index is 743. The topological polar surface area (TPSA) is 73.4 Å². The van der Waals surface area contributed by atoms with Gasteiger partial charge in [-0.25, -0.2) is 0 Å². The molecule has 0 aliphatic rings. The first-order valence-corrected chi connectivity index (χ1v) is 7.73. The van der Waals surface area contributed by atoms with E-state index in [2.05, 4.69) is 4.98 Å². The normalized spacial score (nSPS) is 10.6. The number of aliphatic hydroxyl groups is 1. The number of rotatable bonds is 6. The molecule has 5 nitrogen and oxygen atoms in total. The lowest BCUT2D eigenvalue weighted by Crippen LogP contribution is -2.33. The second kappa shape index (κ2) is 7.94. The minimum atomic E-state index is -0.240. The summed E-state index contributed by atoms with van der Waals surface area (Å²) in [6, 6.07) is 10.2. The van der Waals surface area contributed by atoms with Crippen LogP contribution < -0.4 is 5.56 Å². The molecule has 2 aromatic rings. The smallest absolute Gasteiger partial charge is 0.255 e. The Morgan fingerprint density at radius 1 is 1.30 bits per heavy atom. The van der Waals surface area contributed by atoms with Gasteiger partial charge in [0, 0.05) is 36.5 Å². The van der Waals surface area contributed by atoms with E-state index in [1.807, 2.05) is 12.1 Å². The zero-order valence-electron chi connectivity index (χ0n) is 12.9. The molecular formula is C17H19ClN2O3. The maximum absolute atomic E-state index is 12.8. The molecule has 0 aliphatic heterocycles. The molecule has 2 rings (SSSR count). The van der Waals surface area contributed by atoms with E-state index in [4.69, 9.17) is 16.7 Å². The molecule has 0 atom stereocenters. The number of aromatic amines is 1. The summed E-state index contributed by atoms with van der Waals surface area (Å²) in [6.45, 7) is 2.50. The van der Waals surface area contributed by atoms with Crippen LogP contribution in [0.4, 0.5) is 0 Å². The SMILES string of the molecule is Cc1[nH]c(=O)ccc1C(=O)N(CCCO)Cc1cccc(Cl)c1. The molecule has 2 N–H and O–H groups in total. The maximum atomic E-state index is 12.8. The Balaban J connectivity index is 2.26. The quantitative estimate of drug-likeness (QED) is 0.851. The Hall–Kier alpha value is -2.11. The van der Waals surface area contributed by atoms with Crippen LogP contribution in [0, 0.1) is 6.92 Å². The number of aliphatic hydroxyl groups excluding tert-OH is 1. The van der Waals surface area contributed by atoms with Crippen LogP contribution in [0.2, 0.25) is 5.02 Å². The predicted octanol–water partition coefficient (Wildman–Crippen LogP) is 2.36. The number of nitrogens with zero attached hydrogens (tertiary/aromatic N) is 1. The van der Waals surface area contributed by atoms with E-state index in [-0.39, 0.29) is 18.1 Å². The first kappa shape index (κ1) is 17.2. The van der Waals surface area contributed by atoms with Gasteiger partial charge in [0.2, 0.25) is 5.56 Å². The van der Waals surface area contributed by atoms with E-state index < -0.39 is 0 Å². The van der Waals surface area contributed by atoms with Gasteiger partial charge in [-0.05, 0) is 37.1 Å². The number of hydrogen-bond acceptors (Lipinski definition) is 3. The van der Waals surface area contributed by atoms with Crippen LogP contribution in [-0.2, 0) is 6.54 Å². The lowest BCUT2D eigenvalue weighted by molar-refractivity contribution is 0.0730. The molecule has 0 fully saturated rings. The number of amides is 1. The van der Waals surface area contributed by atoms with Crippen molar-refractivity contribution in [2.24, 2.45) is 0 Å². The molecule has 23 heavy (non-hydrogen) atoms. The highest BCUT2D eigenvalue weighted by Crippen LogP contribution is 2.15. The van der Waals surface area contributed by atoms with E-state index >= 15 is 0 Å². The molecule has 0 unspecified atom stereocenters. The monoisotopic (exact) mass is 334 g/mol. The van der Waals surface area contributed by atoms with Crippen molar-refractivity contribution in [1.82, 2.24) is 9.88 Å². The molecule has 1 aromatic carbocycles. The number of carbonyl (C=O) groups is 1. The number of benzene rings is 1. The fraction of sp³-hybridized carbons (Fsp3) is 0.294. The second-order valence-corrected chi connectivity index (χ2v) is 5.73. The summed E-state index contributed by atoms with van der Waals surface area (Å²) < 4.78 is 0. The van der Waals surface area contributed by atoms with Gasteiger partial charge in [-0.2, -0.15) is 0 Å². The summed E-state index contributed by atoms with van der Waals surface area (Å²) in [7, 11) is 0. The average molecular weight is 335 g/mol. The highest BCUT2D eigenvalue weighted by Gasteiger charge is 2.18. The number of nitrogens with one attached hydrogen (secondary N) is 1. The predicted molar refractivity (Wildman–Crippen MR) is 89.7 cm³/mol. The van der Waals surface area contributed by atoms with Gasteiger partial charge in [-0.3, -0.25) is 9.59 Å². The lowest BCUT2D eigenvalue weighted by atomic mass is 10.1. The summed E-state index contributed by atoms with van der Waals surface area (Å²) in [5, 5.41) is 9.67. The molecule has 122 valence electrons. The fourth-order valence-corrected chi connectivity index (χ4v) is 2.56.